The number of Topliss-reactive ketones (excluding diaryl/α,β-unsaturated/α-hetero) is 1. The van der Waals surface area contributed by atoms with Crippen LogP contribution in [0.15, 0.2) is 72.6 Å². The summed E-state index contributed by atoms with van der Waals surface area (Å²) in [5.74, 6) is -0.939. The molecule has 1 saturated heterocycles. The zero-order valence-corrected chi connectivity index (χ0v) is 20.0. The Bertz CT molecular complexity index is 1290. The standard InChI is InChI=1S/C28H28N2O4/c1-17-7-6-8-20(15-17)30-24(18-11-13-29-14-12-18)23(26(32)27(30)33)25(31)19-9-10-22(34-5)21(16-19)28(2,3)4/h6-16,24,31H,1-5H3/b25-23-. The number of carbonyl (C=O) groups is 2. The largest absolute Gasteiger partial charge is 0.507 e. The van der Waals surface area contributed by atoms with Gasteiger partial charge < -0.3 is 9.84 Å². The number of hydrogen-bond donors (Lipinski definition) is 1. The first-order valence-electron chi connectivity index (χ1n) is 11.1. The van der Waals surface area contributed by atoms with Crippen molar-refractivity contribution in [2.45, 2.75) is 39.2 Å². The summed E-state index contributed by atoms with van der Waals surface area (Å²) in [5, 5.41) is 11.4. The molecule has 1 atom stereocenters. The second-order valence-corrected chi connectivity index (χ2v) is 9.45. The molecule has 4 rings (SSSR count). The molecule has 0 spiro atoms. The van der Waals surface area contributed by atoms with Crippen molar-refractivity contribution < 1.29 is 19.4 Å². The highest BCUT2D eigenvalue weighted by Crippen LogP contribution is 2.43. The molecule has 6 heteroatoms. The summed E-state index contributed by atoms with van der Waals surface area (Å²) in [4.78, 5) is 32.1. The first kappa shape index (κ1) is 23.2. The Morgan fingerprint density at radius 2 is 1.74 bits per heavy atom. The fourth-order valence-corrected chi connectivity index (χ4v) is 4.33. The van der Waals surface area contributed by atoms with Crippen LogP contribution in [0.5, 0.6) is 5.75 Å². The molecule has 0 saturated carbocycles. The maximum Gasteiger partial charge on any atom is 0.300 e. The average molecular weight is 457 g/mol. The summed E-state index contributed by atoms with van der Waals surface area (Å²) in [5.41, 5.74) is 3.34. The number of nitrogens with zero attached hydrogens (tertiary/aromatic N) is 2. The van der Waals surface area contributed by atoms with Gasteiger partial charge in [0, 0.05) is 29.2 Å². The van der Waals surface area contributed by atoms with E-state index in [0.29, 0.717) is 22.6 Å². The van der Waals surface area contributed by atoms with Crippen LogP contribution in [0.3, 0.4) is 0 Å². The average Bonchev–Trinajstić information content (AvgIpc) is 3.08. The Morgan fingerprint density at radius 3 is 2.35 bits per heavy atom. The highest BCUT2D eigenvalue weighted by atomic mass is 16.5. The van der Waals surface area contributed by atoms with Crippen molar-refractivity contribution in [3.63, 3.8) is 0 Å². The first-order valence-corrected chi connectivity index (χ1v) is 11.1. The number of carbonyl (C=O) groups excluding carboxylic acids is 2. The Hall–Kier alpha value is -3.93. The Labute approximate surface area is 199 Å². The summed E-state index contributed by atoms with van der Waals surface area (Å²) in [6.07, 6.45) is 3.22. The van der Waals surface area contributed by atoms with E-state index in [-0.39, 0.29) is 16.7 Å². The molecule has 1 aromatic heterocycles. The summed E-state index contributed by atoms with van der Waals surface area (Å²) in [6.45, 7) is 8.06. The van der Waals surface area contributed by atoms with Gasteiger partial charge in [-0.25, -0.2) is 0 Å². The SMILES string of the molecule is COc1ccc(/C(O)=C2/C(=O)C(=O)N(c3cccc(C)c3)C2c2ccncc2)cc1C(C)(C)C. The zero-order valence-electron chi connectivity index (χ0n) is 20.0. The minimum Gasteiger partial charge on any atom is -0.507 e. The van der Waals surface area contributed by atoms with Gasteiger partial charge in [-0.1, -0.05) is 32.9 Å². The fraction of sp³-hybridized carbons (Fsp3) is 0.250. The molecule has 0 aliphatic carbocycles. The van der Waals surface area contributed by atoms with Crippen molar-refractivity contribution in [1.29, 1.82) is 0 Å². The summed E-state index contributed by atoms with van der Waals surface area (Å²) < 4.78 is 5.51. The van der Waals surface area contributed by atoms with Gasteiger partial charge in [0.15, 0.2) is 0 Å². The molecule has 174 valence electrons. The lowest BCUT2D eigenvalue weighted by molar-refractivity contribution is -0.132. The smallest absolute Gasteiger partial charge is 0.300 e. The number of aliphatic hydroxyl groups excluding tert-OH is 1. The van der Waals surface area contributed by atoms with Crippen LogP contribution in [-0.4, -0.2) is 28.9 Å². The van der Waals surface area contributed by atoms with Gasteiger partial charge in [0.1, 0.15) is 11.5 Å². The Balaban J connectivity index is 1.95. The van der Waals surface area contributed by atoms with Crippen molar-refractivity contribution >= 4 is 23.1 Å². The molecule has 2 heterocycles. The molecule has 2 aromatic carbocycles. The van der Waals surface area contributed by atoms with Gasteiger partial charge in [0.25, 0.3) is 11.7 Å². The number of amides is 1. The Kier molecular flexibility index (Phi) is 6.00. The van der Waals surface area contributed by atoms with Gasteiger partial charge in [-0.05, 0) is 65.9 Å². The molecule has 0 bridgehead atoms. The minimum atomic E-state index is -0.787. The maximum absolute atomic E-state index is 13.3. The van der Waals surface area contributed by atoms with Crippen LogP contribution in [0.1, 0.15) is 49.1 Å². The number of benzene rings is 2. The third kappa shape index (κ3) is 4.07. The number of ketones is 1. The van der Waals surface area contributed by atoms with Crippen LogP contribution < -0.4 is 9.64 Å². The van der Waals surface area contributed by atoms with Crippen LogP contribution >= 0.6 is 0 Å². The number of hydrogen-bond acceptors (Lipinski definition) is 5. The normalized spacial score (nSPS) is 17.8. The van der Waals surface area contributed by atoms with E-state index in [9.17, 15) is 14.7 Å². The minimum absolute atomic E-state index is 0.0442. The molecule has 0 radical (unpaired) electrons. The van der Waals surface area contributed by atoms with Crippen molar-refractivity contribution in [2.24, 2.45) is 0 Å². The van der Waals surface area contributed by atoms with Crippen molar-refractivity contribution in [2.75, 3.05) is 12.0 Å². The van der Waals surface area contributed by atoms with Gasteiger partial charge in [-0.3, -0.25) is 19.5 Å². The van der Waals surface area contributed by atoms with Crippen molar-refractivity contribution in [1.82, 2.24) is 4.98 Å². The lowest BCUT2D eigenvalue weighted by atomic mass is 9.84. The number of anilines is 1. The van der Waals surface area contributed by atoms with E-state index >= 15 is 0 Å². The van der Waals surface area contributed by atoms with Gasteiger partial charge in [0.2, 0.25) is 0 Å². The van der Waals surface area contributed by atoms with Crippen molar-refractivity contribution in [3.05, 3.63) is 94.8 Å². The lowest BCUT2D eigenvalue weighted by Gasteiger charge is -2.26. The van der Waals surface area contributed by atoms with E-state index in [1.807, 2.05) is 52.0 Å². The van der Waals surface area contributed by atoms with Gasteiger partial charge in [-0.15, -0.1) is 0 Å². The summed E-state index contributed by atoms with van der Waals surface area (Å²) in [6, 6.07) is 15.4. The number of pyridine rings is 1. The molecule has 1 unspecified atom stereocenters. The fourth-order valence-electron chi connectivity index (χ4n) is 4.33. The Morgan fingerprint density at radius 1 is 1.03 bits per heavy atom. The number of aliphatic hydroxyl groups is 1. The van der Waals surface area contributed by atoms with E-state index in [1.165, 1.54) is 4.90 Å². The molecule has 1 aliphatic heterocycles. The third-order valence-electron chi connectivity index (χ3n) is 6.03. The van der Waals surface area contributed by atoms with Crippen LogP contribution in [0.25, 0.3) is 5.76 Å². The van der Waals surface area contributed by atoms with Crippen molar-refractivity contribution in [3.8, 4) is 5.75 Å². The molecule has 1 amide bonds. The molecule has 6 nitrogen and oxygen atoms in total. The molecule has 3 aromatic rings. The third-order valence-corrected chi connectivity index (χ3v) is 6.03. The van der Waals surface area contributed by atoms with Gasteiger partial charge >= 0.3 is 0 Å². The van der Waals surface area contributed by atoms with E-state index in [1.54, 1.807) is 49.8 Å². The topological polar surface area (TPSA) is 79.7 Å². The lowest BCUT2D eigenvalue weighted by Crippen LogP contribution is -2.29. The quantitative estimate of drug-likeness (QED) is 0.326. The number of rotatable bonds is 4. The molecule has 34 heavy (non-hydrogen) atoms. The monoisotopic (exact) mass is 456 g/mol. The van der Waals surface area contributed by atoms with Crippen LogP contribution in [0.4, 0.5) is 5.69 Å². The summed E-state index contributed by atoms with van der Waals surface area (Å²) in [7, 11) is 1.60. The van der Waals surface area contributed by atoms with E-state index in [0.717, 1.165) is 11.1 Å². The molecular formula is C28H28N2O4. The second kappa shape index (κ2) is 8.78. The predicted molar refractivity (Wildman–Crippen MR) is 132 cm³/mol. The number of aryl methyl sites for hydroxylation is 1. The number of methoxy groups -OCH3 is 1. The van der Waals surface area contributed by atoms with Crippen LogP contribution in [-0.2, 0) is 15.0 Å². The molecular weight excluding hydrogens is 428 g/mol. The molecule has 1 fully saturated rings. The molecule has 1 N–H and O–H groups in total. The van der Waals surface area contributed by atoms with Gasteiger partial charge in [0.05, 0.1) is 18.7 Å². The van der Waals surface area contributed by atoms with E-state index < -0.39 is 17.7 Å². The van der Waals surface area contributed by atoms with Crippen LogP contribution in [0.2, 0.25) is 0 Å². The highest BCUT2D eigenvalue weighted by molar-refractivity contribution is 6.51. The number of aromatic nitrogens is 1. The zero-order chi connectivity index (χ0) is 24.6. The highest BCUT2D eigenvalue weighted by Gasteiger charge is 2.47. The van der Waals surface area contributed by atoms with E-state index in [2.05, 4.69) is 4.98 Å². The molecule has 1 aliphatic rings. The van der Waals surface area contributed by atoms with Gasteiger partial charge in [-0.2, -0.15) is 0 Å². The number of ether oxygens (including phenoxy) is 1. The summed E-state index contributed by atoms with van der Waals surface area (Å²) >= 11 is 0. The maximum atomic E-state index is 13.3. The van der Waals surface area contributed by atoms with E-state index in [4.69, 9.17) is 4.74 Å². The predicted octanol–water partition coefficient (Wildman–Crippen LogP) is 5.32. The second-order valence-electron chi connectivity index (χ2n) is 9.45. The first-order chi connectivity index (χ1) is 16.1. The van der Waals surface area contributed by atoms with Crippen LogP contribution in [0, 0.1) is 6.92 Å².